The second-order valence-electron chi connectivity index (χ2n) is 3.15. The molecule has 1 aromatic heterocycles. The molecule has 2 aromatic rings. The Balaban J connectivity index is 2.52. The number of benzene rings is 1. The Bertz CT molecular complexity index is 498. The van der Waals surface area contributed by atoms with Crippen molar-refractivity contribution in [1.82, 2.24) is 0 Å². The molecule has 0 radical (unpaired) electrons. The van der Waals surface area contributed by atoms with E-state index in [0.717, 1.165) is 0 Å². The Morgan fingerprint density at radius 1 is 1.47 bits per heavy atom. The number of methoxy groups -OCH3 is 1. The van der Waals surface area contributed by atoms with Crippen molar-refractivity contribution in [3.8, 4) is 5.75 Å². The maximum Gasteiger partial charge on any atom is 0.192 e. The van der Waals surface area contributed by atoms with Gasteiger partial charge < -0.3 is 14.3 Å². The average Bonchev–Trinajstić information content (AvgIpc) is 2.67. The molecule has 0 aliphatic rings. The molecule has 0 fully saturated rings. The fourth-order valence-electron chi connectivity index (χ4n) is 1.46. The van der Waals surface area contributed by atoms with Gasteiger partial charge in [0.2, 0.25) is 0 Å². The molecule has 1 N–H and O–H groups in total. The first-order valence-electron chi connectivity index (χ1n) is 4.45. The third kappa shape index (κ3) is 1.59. The smallest absolute Gasteiger partial charge is 0.192 e. The van der Waals surface area contributed by atoms with Gasteiger partial charge in [0, 0.05) is 7.11 Å². The Hall–Kier alpha value is -1.81. The second-order valence-corrected chi connectivity index (χ2v) is 3.15. The fraction of sp³-hybridized carbons (Fsp3) is 0.182. The molecule has 0 aliphatic heterocycles. The standard InChI is InChI=1S/C11H10O4/c1-14-6-9(12)7-2-3-10-8(11(7)13)4-5-15-10/h2-5,13H,6H2,1H3. The van der Waals surface area contributed by atoms with Crippen LogP contribution in [0.4, 0.5) is 0 Å². The van der Waals surface area contributed by atoms with Crippen LogP contribution < -0.4 is 0 Å². The lowest BCUT2D eigenvalue weighted by Crippen LogP contribution is -2.06. The number of carbonyl (C=O) groups is 1. The topological polar surface area (TPSA) is 59.7 Å². The van der Waals surface area contributed by atoms with Gasteiger partial charge in [-0.15, -0.1) is 0 Å². The van der Waals surface area contributed by atoms with E-state index in [1.807, 2.05) is 0 Å². The molecular weight excluding hydrogens is 196 g/mol. The number of phenolic OH excluding ortho intramolecular Hbond substituents is 1. The lowest BCUT2D eigenvalue weighted by molar-refractivity contribution is 0.0845. The molecule has 0 saturated heterocycles. The van der Waals surface area contributed by atoms with Gasteiger partial charge in [-0.25, -0.2) is 0 Å². The van der Waals surface area contributed by atoms with Crippen molar-refractivity contribution in [2.75, 3.05) is 13.7 Å². The number of ketones is 1. The van der Waals surface area contributed by atoms with Crippen LogP contribution in [0.25, 0.3) is 11.0 Å². The number of fused-ring (bicyclic) bond motifs is 1. The van der Waals surface area contributed by atoms with Crippen LogP contribution in [0.15, 0.2) is 28.9 Å². The van der Waals surface area contributed by atoms with E-state index in [4.69, 9.17) is 9.15 Å². The molecule has 4 heteroatoms. The van der Waals surface area contributed by atoms with E-state index in [2.05, 4.69) is 0 Å². The Morgan fingerprint density at radius 2 is 2.27 bits per heavy atom. The zero-order valence-electron chi connectivity index (χ0n) is 8.19. The summed E-state index contributed by atoms with van der Waals surface area (Å²) in [7, 11) is 1.44. The summed E-state index contributed by atoms with van der Waals surface area (Å²) in [5.74, 6) is -0.304. The fourth-order valence-corrected chi connectivity index (χ4v) is 1.46. The minimum absolute atomic E-state index is 0.0447. The van der Waals surface area contributed by atoms with Crippen LogP contribution in [0.2, 0.25) is 0 Å². The van der Waals surface area contributed by atoms with Gasteiger partial charge in [0.25, 0.3) is 0 Å². The molecular formula is C11H10O4. The number of hydrogen-bond acceptors (Lipinski definition) is 4. The average molecular weight is 206 g/mol. The zero-order valence-corrected chi connectivity index (χ0v) is 8.19. The summed E-state index contributed by atoms with van der Waals surface area (Å²) in [6.45, 7) is -0.0447. The zero-order chi connectivity index (χ0) is 10.8. The van der Waals surface area contributed by atoms with Gasteiger partial charge in [-0.05, 0) is 18.2 Å². The molecule has 0 unspecified atom stereocenters. The van der Waals surface area contributed by atoms with Gasteiger partial charge in [-0.3, -0.25) is 4.79 Å². The summed E-state index contributed by atoms with van der Waals surface area (Å²) < 4.78 is 9.81. The van der Waals surface area contributed by atoms with Crippen molar-refractivity contribution in [1.29, 1.82) is 0 Å². The van der Waals surface area contributed by atoms with Crippen LogP contribution in [-0.4, -0.2) is 24.6 Å². The van der Waals surface area contributed by atoms with Gasteiger partial charge in [-0.1, -0.05) is 0 Å². The Kier molecular flexibility index (Phi) is 2.43. The SMILES string of the molecule is COCC(=O)c1ccc2occc2c1O. The van der Waals surface area contributed by atoms with E-state index in [1.165, 1.54) is 19.4 Å². The molecule has 1 aromatic carbocycles. The first-order chi connectivity index (χ1) is 7.24. The van der Waals surface area contributed by atoms with Crippen molar-refractivity contribution < 1.29 is 19.1 Å². The number of rotatable bonds is 3. The predicted molar refractivity (Wildman–Crippen MR) is 54.1 cm³/mol. The molecule has 0 bridgehead atoms. The van der Waals surface area contributed by atoms with Crippen LogP contribution in [0.5, 0.6) is 5.75 Å². The van der Waals surface area contributed by atoms with E-state index >= 15 is 0 Å². The highest BCUT2D eigenvalue weighted by molar-refractivity contribution is 6.04. The first-order valence-corrected chi connectivity index (χ1v) is 4.45. The third-order valence-electron chi connectivity index (χ3n) is 2.18. The summed E-state index contributed by atoms with van der Waals surface area (Å²) in [5, 5.41) is 10.3. The molecule has 0 spiro atoms. The van der Waals surface area contributed by atoms with Crippen molar-refractivity contribution in [3.05, 3.63) is 30.0 Å². The third-order valence-corrected chi connectivity index (χ3v) is 2.18. The van der Waals surface area contributed by atoms with Crippen LogP contribution in [0.1, 0.15) is 10.4 Å². The summed E-state index contributed by atoms with van der Waals surface area (Å²) in [4.78, 5) is 11.5. The van der Waals surface area contributed by atoms with E-state index < -0.39 is 0 Å². The second kappa shape index (κ2) is 3.74. The lowest BCUT2D eigenvalue weighted by Gasteiger charge is -2.03. The summed E-state index contributed by atoms with van der Waals surface area (Å²) >= 11 is 0. The first kappa shape index (κ1) is 9.73. The van der Waals surface area contributed by atoms with E-state index in [9.17, 15) is 9.90 Å². The predicted octanol–water partition coefficient (Wildman–Crippen LogP) is 1.97. The number of ether oxygens (including phenoxy) is 1. The van der Waals surface area contributed by atoms with E-state index in [1.54, 1.807) is 12.1 Å². The lowest BCUT2D eigenvalue weighted by atomic mass is 10.1. The largest absolute Gasteiger partial charge is 0.506 e. The number of aromatic hydroxyl groups is 1. The molecule has 0 atom stereocenters. The molecule has 0 saturated carbocycles. The minimum atomic E-state index is -0.252. The monoisotopic (exact) mass is 206 g/mol. The number of hydrogen-bond donors (Lipinski definition) is 1. The summed E-state index contributed by atoms with van der Waals surface area (Å²) in [6.07, 6.45) is 1.47. The van der Waals surface area contributed by atoms with Crippen molar-refractivity contribution in [2.45, 2.75) is 0 Å². The van der Waals surface area contributed by atoms with Gasteiger partial charge in [-0.2, -0.15) is 0 Å². The highest BCUT2D eigenvalue weighted by Crippen LogP contribution is 2.29. The summed E-state index contributed by atoms with van der Waals surface area (Å²) in [5.41, 5.74) is 0.812. The molecule has 2 rings (SSSR count). The Labute approximate surface area is 86.1 Å². The van der Waals surface area contributed by atoms with Crippen LogP contribution >= 0.6 is 0 Å². The van der Waals surface area contributed by atoms with Crippen molar-refractivity contribution >= 4 is 16.8 Å². The van der Waals surface area contributed by atoms with Crippen molar-refractivity contribution in [3.63, 3.8) is 0 Å². The van der Waals surface area contributed by atoms with Crippen LogP contribution in [0, 0.1) is 0 Å². The number of furan rings is 1. The highest BCUT2D eigenvalue weighted by atomic mass is 16.5. The van der Waals surface area contributed by atoms with Gasteiger partial charge in [0.15, 0.2) is 5.78 Å². The minimum Gasteiger partial charge on any atom is -0.506 e. The molecule has 1 heterocycles. The Morgan fingerprint density at radius 3 is 3.00 bits per heavy atom. The molecule has 0 amide bonds. The summed E-state index contributed by atoms with van der Waals surface area (Å²) in [6, 6.07) is 4.80. The van der Waals surface area contributed by atoms with Crippen molar-refractivity contribution in [2.24, 2.45) is 0 Å². The maximum absolute atomic E-state index is 11.5. The van der Waals surface area contributed by atoms with Gasteiger partial charge in [0.05, 0.1) is 17.2 Å². The van der Waals surface area contributed by atoms with Crippen LogP contribution in [-0.2, 0) is 4.74 Å². The van der Waals surface area contributed by atoms with Gasteiger partial charge >= 0.3 is 0 Å². The normalized spacial score (nSPS) is 10.7. The number of phenols is 1. The van der Waals surface area contributed by atoms with Crippen LogP contribution in [0.3, 0.4) is 0 Å². The number of Topliss-reactive ketones (excluding diaryl/α,β-unsaturated/α-hetero) is 1. The molecule has 78 valence electrons. The molecule has 4 nitrogen and oxygen atoms in total. The molecule has 15 heavy (non-hydrogen) atoms. The van der Waals surface area contributed by atoms with E-state index in [-0.39, 0.29) is 23.7 Å². The van der Waals surface area contributed by atoms with Gasteiger partial charge in [0.1, 0.15) is 17.9 Å². The highest BCUT2D eigenvalue weighted by Gasteiger charge is 2.14. The molecule has 0 aliphatic carbocycles. The quantitative estimate of drug-likeness (QED) is 0.780. The maximum atomic E-state index is 11.5. The number of carbonyl (C=O) groups excluding carboxylic acids is 1. The van der Waals surface area contributed by atoms with E-state index in [0.29, 0.717) is 11.0 Å².